The molecule has 0 atom stereocenters. The fourth-order valence-electron chi connectivity index (χ4n) is 3.85. The Morgan fingerprint density at radius 3 is 2.69 bits per heavy atom. The molecule has 4 rings (SSSR count). The molecule has 0 saturated heterocycles. The summed E-state index contributed by atoms with van der Waals surface area (Å²) in [4.78, 5) is 8.50. The Kier molecular flexibility index (Phi) is 5.13. The monoisotopic (exact) mass is 380 g/mol. The molecule has 0 fully saturated rings. The summed E-state index contributed by atoms with van der Waals surface area (Å²) in [6.45, 7) is 6.40. The highest BCUT2D eigenvalue weighted by molar-refractivity contribution is 6.10. The molecule has 0 saturated carbocycles. The second-order valence-corrected chi connectivity index (χ2v) is 7.27. The van der Waals surface area contributed by atoms with E-state index in [2.05, 4.69) is 79.3 Å². The van der Waals surface area contributed by atoms with E-state index in [0.29, 0.717) is 5.71 Å². The number of pyridine rings is 1. The predicted molar refractivity (Wildman–Crippen MR) is 123 cm³/mol. The first-order chi connectivity index (χ1) is 14.1. The Morgan fingerprint density at radius 2 is 1.90 bits per heavy atom. The molecule has 0 aliphatic rings. The molecule has 144 valence electrons. The zero-order valence-corrected chi connectivity index (χ0v) is 17.2. The van der Waals surface area contributed by atoms with Crippen molar-refractivity contribution < 1.29 is 4.42 Å². The molecule has 0 unspecified atom stereocenters. The molecule has 0 aliphatic heterocycles. The van der Waals surface area contributed by atoms with Crippen molar-refractivity contribution >= 4 is 39.4 Å². The molecule has 0 bridgehead atoms. The summed E-state index contributed by atoms with van der Waals surface area (Å²) >= 11 is 0. The summed E-state index contributed by atoms with van der Waals surface area (Å²) in [6.07, 6.45) is 7.68. The number of hydrogen-bond donors (Lipinski definition) is 0. The van der Waals surface area contributed by atoms with Gasteiger partial charge in [-0.2, -0.15) is 0 Å². The van der Waals surface area contributed by atoms with Crippen LogP contribution in [0.3, 0.4) is 0 Å². The van der Waals surface area contributed by atoms with E-state index in [0.717, 1.165) is 27.5 Å². The molecule has 0 spiro atoms. The van der Waals surface area contributed by atoms with Crippen LogP contribution in [0.4, 0.5) is 0 Å². The number of aryl methyl sites for hydroxylation is 2. The smallest absolute Gasteiger partial charge is 0.227 e. The van der Waals surface area contributed by atoms with Crippen LogP contribution in [0.25, 0.3) is 33.2 Å². The van der Waals surface area contributed by atoms with Crippen LogP contribution in [-0.4, -0.2) is 18.2 Å². The zero-order chi connectivity index (χ0) is 20.4. The highest BCUT2D eigenvalue weighted by Crippen LogP contribution is 2.38. The number of aromatic nitrogens is 1. The molecule has 0 aliphatic carbocycles. The summed E-state index contributed by atoms with van der Waals surface area (Å²) in [6, 6.07) is 16.9. The van der Waals surface area contributed by atoms with Crippen LogP contribution in [0, 0.1) is 13.8 Å². The first-order valence-corrected chi connectivity index (χ1v) is 9.74. The van der Waals surface area contributed by atoms with Crippen LogP contribution in [0.5, 0.6) is 0 Å². The molecular weight excluding hydrogens is 356 g/mol. The van der Waals surface area contributed by atoms with Gasteiger partial charge in [-0.05, 0) is 61.3 Å². The van der Waals surface area contributed by atoms with Crippen molar-refractivity contribution in [3.05, 3.63) is 89.1 Å². The van der Waals surface area contributed by atoms with Crippen LogP contribution in [-0.2, 0) is 0 Å². The number of hydrogen-bond acceptors (Lipinski definition) is 3. The summed E-state index contributed by atoms with van der Waals surface area (Å²) in [7, 11) is 1.78. The van der Waals surface area contributed by atoms with Crippen molar-refractivity contribution in [2.24, 2.45) is 4.99 Å². The number of nitrogens with zero attached hydrogens (tertiary/aromatic N) is 2. The second-order valence-electron chi connectivity index (χ2n) is 7.27. The molecule has 0 radical (unpaired) electrons. The lowest BCUT2D eigenvalue weighted by atomic mass is 9.91. The summed E-state index contributed by atoms with van der Waals surface area (Å²) < 4.78 is 6.23. The molecule has 3 nitrogen and oxygen atoms in total. The fraction of sp³-hybridized carbons (Fsp3) is 0.154. The van der Waals surface area contributed by atoms with Gasteiger partial charge in [-0.15, -0.1) is 0 Å². The predicted octanol–water partition coefficient (Wildman–Crippen LogP) is 6.79. The molecule has 2 aromatic heterocycles. The van der Waals surface area contributed by atoms with Gasteiger partial charge < -0.3 is 4.42 Å². The van der Waals surface area contributed by atoms with Gasteiger partial charge in [0.2, 0.25) is 5.71 Å². The van der Waals surface area contributed by atoms with Gasteiger partial charge in [-0.3, -0.25) is 4.99 Å². The van der Waals surface area contributed by atoms with Gasteiger partial charge in [-0.25, -0.2) is 4.98 Å². The molecule has 2 heterocycles. The first-order valence-electron chi connectivity index (χ1n) is 9.74. The summed E-state index contributed by atoms with van der Waals surface area (Å²) in [5.41, 5.74) is 8.58. The van der Waals surface area contributed by atoms with Crippen LogP contribution < -0.4 is 0 Å². The zero-order valence-electron chi connectivity index (χ0n) is 17.2. The lowest BCUT2D eigenvalue weighted by Gasteiger charge is -2.13. The number of furan rings is 1. The van der Waals surface area contributed by atoms with Gasteiger partial charge in [0.15, 0.2) is 0 Å². The minimum absolute atomic E-state index is 0.674. The van der Waals surface area contributed by atoms with E-state index >= 15 is 0 Å². The van der Waals surface area contributed by atoms with Gasteiger partial charge >= 0.3 is 0 Å². The number of allylic oxidation sites excluding steroid dienone is 4. The van der Waals surface area contributed by atoms with Gasteiger partial charge in [0, 0.05) is 35.8 Å². The van der Waals surface area contributed by atoms with Crippen molar-refractivity contribution in [2.75, 3.05) is 7.05 Å². The van der Waals surface area contributed by atoms with Crippen LogP contribution in [0.1, 0.15) is 29.2 Å². The van der Waals surface area contributed by atoms with E-state index in [1.54, 1.807) is 13.2 Å². The number of fused-ring (bicyclic) bond motifs is 3. The van der Waals surface area contributed by atoms with E-state index in [1.807, 2.05) is 18.4 Å². The van der Waals surface area contributed by atoms with Crippen molar-refractivity contribution in [3.63, 3.8) is 0 Å². The van der Waals surface area contributed by atoms with Crippen molar-refractivity contribution in [1.82, 2.24) is 4.98 Å². The molecular formula is C26H24N2O. The van der Waals surface area contributed by atoms with Crippen molar-refractivity contribution in [3.8, 4) is 0 Å². The van der Waals surface area contributed by atoms with E-state index in [4.69, 9.17) is 4.42 Å². The Balaban J connectivity index is 2.04. The van der Waals surface area contributed by atoms with Crippen LogP contribution >= 0.6 is 0 Å². The van der Waals surface area contributed by atoms with Crippen molar-refractivity contribution in [1.29, 1.82) is 0 Å². The van der Waals surface area contributed by atoms with Gasteiger partial charge in [0.05, 0.1) is 0 Å². The van der Waals surface area contributed by atoms with Gasteiger partial charge in [-0.1, -0.05) is 48.0 Å². The second kappa shape index (κ2) is 7.88. The average Bonchev–Trinajstić information content (AvgIpc) is 3.09. The van der Waals surface area contributed by atoms with Gasteiger partial charge in [0.1, 0.15) is 5.58 Å². The average molecular weight is 380 g/mol. The van der Waals surface area contributed by atoms with E-state index < -0.39 is 0 Å². The minimum atomic E-state index is 0.674. The maximum absolute atomic E-state index is 6.23. The fourth-order valence-corrected chi connectivity index (χ4v) is 3.85. The Bertz CT molecular complexity index is 1290. The largest absolute Gasteiger partial charge is 0.437 e. The van der Waals surface area contributed by atoms with Crippen molar-refractivity contribution in [2.45, 2.75) is 20.8 Å². The van der Waals surface area contributed by atoms with Crippen LogP contribution in [0.2, 0.25) is 0 Å². The van der Waals surface area contributed by atoms with E-state index in [1.165, 1.54) is 22.3 Å². The lowest BCUT2D eigenvalue weighted by molar-refractivity contribution is 0.652. The molecule has 0 N–H and O–H groups in total. The maximum atomic E-state index is 6.23. The first kappa shape index (κ1) is 18.9. The minimum Gasteiger partial charge on any atom is -0.437 e. The third-order valence-corrected chi connectivity index (χ3v) is 5.23. The quantitative estimate of drug-likeness (QED) is 0.222. The van der Waals surface area contributed by atoms with Gasteiger partial charge in [0.25, 0.3) is 0 Å². The molecule has 3 heteroatoms. The normalized spacial score (nSPS) is 13.1. The van der Waals surface area contributed by atoms with E-state index in [9.17, 15) is 0 Å². The molecule has 0 amide bonds. The standard InChI is InChI=1S/C26H24N2O/c1-17-8-5-9-20(16-17)21(10-6-14-27-4)19(3)24-18(2)12-13-22-23-11-7-15-28-26(23)29-25(22)24/h5-16H,1-4H3/b10-6-,21-19-,27-14+. The third kappa shape index (κ3) is 3.52. The number of aliphatic imine (C=N–C) groups is 1. The Labute approximate surface area is 171 Å². The Hall–Kier alpha value is -3.46. The Morgan fingerprint density at radius 1 is 1.03 bits per heavy atom. The number of benzene rings is 2. The summed E-state index contributed by atoms with van der Waals surface area (Å²) in [5.74, 6) is 0. The molecule has 2 aromatic carbocycles. The molecule has 4 aromatic rings. The third-order valence-electron chi connectivity index (χ3n) is 5.23. The topological polar surface area (TPSA) is 38.4 Å². The van der Waals surface area contributed by atoms with E-state index in [-0.39, 0.29) is 0 Å². The van der Waals surface area contributed by atoms with Crippen LogP contribution in [0.15, 0.2) is 76.3 Å². The number of rotatable bonds is 4. The molecule has 29 heavy (non-hydrogen) atoms. The SMILES string of the molecule is C/N=C/C=C\C(=C(/C)c1c(C)ccc2c1oc1ncccc12)c1cccc(C)c1. The summed E-state index contributed by atoms with van der Waals surface area (Å²) in [5, 5.41) is 2.14. The lowest BCUT2D eigenvalue weighted by Crippen LogP contribution is -1.92. The highest BCUT2D eigenvalue weighted by Gasteiger charge is 2.17. The maximum Gasteiger partial charge on any atom is 0.227 e. The highest BCUT2D eigenvalue weighted by atomic mass is 16.3.